The molecule has 0 unspecified atom stereocenters. The van der Waals surface area contributed by atoms with E-state index in [1.54, 1.807) is 18.5 Å². The van der Waals surface area contributed by atoms with Gasteiger partial charge in [-0.1, -0.05) is 0 Å². The van der Waals surface area contributed by atoms with Crippen LogP contribution in [0.2, 0.25) is 0 Å². The maximum absolute atomic E-state index is 8.80. The number of anilines is 1. The Morgan fingerprint density at radius 3 is 2.93 bits per heavy atom. The molecule has 0 bridgehead atoms. The summed E-state index contributed by atoms with van der Waals surface area (Å²) in [7, 11) is 0. The summed E-state index contributed by atoms with van der Waals surface area (Å²) < 4.78 is 0. The molecular weight excluding hydrogens is 176 g/mol. The zero-order valence-electron chi connectivity index (χ0n) is 8.41. The number of rotatable bonds is 3. The summed E-state index contributed by atoms with van der Waals surface area (Å²) in [5.41, 5.74) is 6.82. The molecule has 1 aromatic heterocycles. The number of nitrogens with zero attached hydrogens (tertiary/aromatic N) is 2. The van der Waals surface area contributed by atoms with Crippen LogP contribution in [0, 0.1) is 11.3 Å². The fourth-order valence-corrected chi connectivity index (χ4v) is 0.956. The number of aromatic nitrogens is 1. The molecule has 74 valence electrons. The molecular formula is C10H14N4. The maximum Gasteiger partial charge on any atom is 0.101 e. The Kier molecular flexibility index (Phi) is 3.05. The standard InChI is InChI=1S/C10H14N4/c1-10(2,12)7-14-9-6-13-4-3-8(9)5-11/h3-4,6,14H,7,12H2,1-2H3. The topological polar surface area (TPSA) is 74.7 Å². The highest BCUT2D eigenvalue weighted by Gasteiger charge is 2.10. The Balaban J connectivity index is 2.73. The molecule has 4 heteroatoms. The van der Waals surface area contributed by atoms with Gasteiger partial charge in [-0.05, 0) is 19.9 Å². The van der Waals surface area contributed by atoms with Gasteiger partial charge in [-0.25, -0.2) is 0 Å². The SMILES string of the molecule is CC(C)(N)CNc1cnccc1C#N. The van der Waals surface area contributed by atoms with E-state index in [0.29, 0.717) is 12.1 Å². The predicted octanol–water partition coefficient (Wildman–Crippen LogP) is 1.10. The van der Waals surface area contributed by atoms with E-state index in [4.69, 9.17) is 11.0 Å². The van der Waals surface area contributed by atoms with Gasteiger partial charge in [0, 0.05) is 18.3 Å². The molecule has 0 saturated heterocycles. The minimum absolute atomic E-state index is 0.303. The number of nitrogens with two attached hydrogens (primary N) is 1. The zero-order chi connectivity index (χ0) is 10.6. The summed E-state index contributed by atoms with van der Waals surface area (Å²) >= 11 is 0. The molecule has 0 aliphatic carbocycles. The Bertz CT molecular complexity index is 346. The number of hydrogen-bond acceptors (Lipinski definition) is 4. The van der Waals surface area contributed by atoms with E-state index in [1.165, 1.54) is 0 Å². The minimum Gasteiger partial charge on any atom is -0.381 e. The Morgan fingerprint density at radius 1 is 1.64 bits per heavy atom. The lowest BCUT2D eigenvalue weighted by molar-refractivity contribution is 0.549. The third kappa shape index (κ3) is 3.04. The van der Waals surface area contributed by atoms with E-state index in [2.05, 4.69) is 16.4 Å². The van der Waals surface area contributed by atoms with Gasteiger partial charge in [-0.2, -0.15) is 5.26 Å². The van der Waals surface area contributed by atoms with E-state index in [0.717, 1.165) is 5.69 Å². The van der Waals surface area contributed by atoms with Crippen molar-refractivity contribution in [2.75, 3.05) is 11.9 Å². The monoisotopic (exact) mass is 190 g/mol. The van der Waals surface area contributed by atoms with Crippen molar-refractivity contribution in [2.24, 2.45) is 5.73 Å². The van der Waals surface area contributed by atoms with Crippen molar-refractivity contribution < 1.29 is 0 Å². The van der Waals surface area contributed by atoms with Crippen LogP contribution in [-0.4, -0.2) is 17.1 Å². The molecule has 1 aromatic rings. The van der Waals surface area contributed by atoms with E-state index in [-0.39, 0.29) is 5.54 Å². The van der Waals surface area contributed by atoms with Crippen molar-refractivity contribution in [1.82, 2.24) is 4.98 Å². The summed E-state index contributed by atoms with van der Waals surface area (Å²) in [6.07, 6.45) is 3.22. The lowest BCUT2D eigenvalue weighted by Gasteiger charge is -2.19. The van der Waals surface area contributed by atoms with E-state index >= 15 is 0 Å². The van der Waals surface area contributed by atoms with E-state index < -0.39 is 0 Å². The third-order valence-corrected chi connectivity index (χ3v) is 1.68. The van der Waals surface area contributed by atoms with Crippen LogP contribution >= 0.6 is 0 Å². The maximum atomic E-state index is 8.80. The molecule has 3 N–H and O–H groups in total. The fraction of sp³-hybridized carbons (Fsp3) is 0.400. The summed E-state index contributed by atoms with van der Waals surface area (Å²) in [5, 5.41) is 11.9. The normalized spacial score (nSPS) is 10.7. The molecule has 0 amide bonds. The Morgan fingerprint density at radius 2 is 2.36 bits per heavy atom. The molecule has 0 fully saturated rings. The fourth-order valence-electron chi connectivity index (χ4n) is 0.956. The van der Waals surface area contributed by atoms with Crippen LogP contribution in [-0.2, 0) is 0 Å². The molecule has 0 aromatic carbocycles. The van der Waals surface area contributed by atoms with Crippen LogP contribution in [0.1, 0.15) is 19.4 Å². The summed E-state index contributed by atoms with van der Waals surface area (Å²) in [5.74, 6) is 0. The van der Waals surface area contributed by atoms with Crippen LogP contribution in [0.3, 0.4) is 0 Å². The summed E-state index contributed by atoms with van der Waals surface area (Å²) in [6, 6.07) is 3.76. The van der Waals surface area contributed by atoms with Crippen molar-refractivity contribution >= 4 is 5.69 Å². The van der Waals surface area contributed by atoms with Gasteiger partial charge < -0.3 is 11.1 Å². The minimum atomic E-state index is -0.303. The molecule has 14 heavy (non-hydrogen) atoms. The smallest absolute Gasteiger partial charge is 0.101 e. The highest BCUT2D eigenvalue weighted by Crippen LogP contribution is 2.12. The van der Waals surface area contributed by atoms with Gasteiger partial charge in [-0.15, -0.1) is 0 Å². The first-order valence-electron chi connectivity index (χ1n) is 4.40. The first kappa shape index (κ1) is 10.5. The average molecular weight is 190 g/mol. The predicted molar refractivity (Wildman–Crippen MR) is 55.7 cm³/mol. The first-order valence-corrected chi connectivity index (χ1v) is 4.40. The molecule has 0 saturated carbocycles. The molecule has 0 radical (unpaired) electrons. The van der Waals surface area contributed by atoms with Crippen molar-refractivity contribution in [3.05, 3.63) is 24.0 Å². The first-order chi connectivity index (χ1) is 6.53. The zero-order valence-corrected chi connectivity index (χ0v) is 8.41. The molecule has 0 atom stereocenters. The van der Waals surface area contributed by atoms with Crippen LogP contribution < -0.4 is 11.1 Å². The highest BCUT2D eigenvalue weighted by atomic mass is 14.9. The number of pyridine rings is 1. The van der Waals surface area contributed by atoms with Gasteiger partial charge >= 0.3 is 0 Å². The van der Waals surface area contributed by atoms with Gasteiger partial charge in [0.25, 0.3) is 0 Å². The summed E-state index contributed by atoms with van der Waals surface area (Å²) in [4.78, 5) is 3.94. The van der Waals surface area contributed by atoms with Gasteiger partial charge in [0.15, 0.2) is 0 Å². The molecule has 1 heterocycles. The number of nitrogens with one attached hydrogen (secondary N) is 1. The highest BCUT2D eigenvalue weighted by molar-refractivity contribution is 5.55. The molecule has 4 nitrogen and oxygen atoms in total. The quantitative estimate of drug-likeness (QED) is 0.748. The number of hydrogen-bond donors (Lipinski definition) is 2. The second-order valence-electron chi connectivity index (χ2n) is 3.88. The van der Waals surface area contributed by atoms with E-state index in [9.17, 15) is 0 Å². The Hall–Kier alpha value is -1.60. The average Bonchev–Trinajstić information content (AvgIpc) is 2.14. The van der Waals surface area contributed by atoms with Gasteiger partial charge in [0.2, 0.25) is 0 Å². The van der Waals surface area contributed by atoms with Gasteiger partial charge in [0.1, 0.15) is 6.07 Å². The number of nitriles is 1. The summed E-state index contributed by atoms with van der Waals surface area (Å²) in [6.45, 7) is 4.44. The lowest BCUT2D eigenvalue weighted by atomic mass is 10.1. The van der Waals surface area contributed by atoms with Crippen molar-refractivity contribution in [3.63, 3.8) is 0 Å². The van der Waals surface area contributed by atoms with Crippen molar-refractivity contribution in [3.8, 4) is 6.07 Å². The van der Waals surface area contributed by atoms with Crippen LogP contribution in [0.5, 0.6) is 0 Å². The molecule has 0 spiro atoms. The molecule has 0 aliphatic rings. The van der Waals surface area contributed by atoms with Crippen molar-refractivity contribution in [2.45, 2.75) is 19.4 Å². The molecule has 0 aliphatic heterocycles. The van der Waals surface area contributed by atoms with E-state index in [1.807, 2.05) is 13.8 Å². The second-order valence-corrected chi connectivity index (χ2v) is 3.88. The van der Waals surface area contributed by atoms with Crippen LogP contribution in [0.25, 0.3) is 0 Å². The third-order valence-electron chi connectivity index (χ3n) is 1.68. The van der Waals surface area contributed by atoms with Crippen molar-refractivity contribution in [1.29, 1.82) is 5.26 Å². The largest absolute Gasteiger partial charge is 0.381 e. The lowest BCUT2D eigenvalue weighted by Crippen LogP contribution is -2.39. The van der Waals surface area contributed by atoms with Crippen LogP contribution in [0.4, 0.5) is 5.69 Å². The molecule has 1 rings (SSSR count). The van der Waals surface area contributed by atoms with Gasteiger partial charge in [0.05, 0.1) is 17.4 Å². The van der Waals surface area contributed by atoms with Gasteiger partial charge in [-0.3, -0.25) is 4.98 Å². The Labute approximate surface area is 83.8 Å². The second kappa shape index (κ2) is 4.07. The van der Waals surface area contributed by atoms with Crippen LogP contribution in [0.15, 0.2) is 18.5 Å².